The molecule has 15 heavy (non-hydrogen) atoms. The Kier molecular flexibility index (Phi) is 2.33. The van der Waals surface area contributed by atoms with Crippen molar-refractivity contribution in [3.05, 3.63) is 23.5 Å². The molecule has 3 nitrogen and oxygen atoms in total. The third-order valence-corrected chi connectivity index (χ3v) is 3.64. The predicted octanol–water partition coefficient (Wildman–Crippen LogP) is 2.36. The van der Waals surface area contributed by atoms with E-state index in [0.717, 1.165) is 30.7 Å². The number of carboxylic acids is 1. The summed E-state index contributed by atoms with van der Waals surface area (Å²) in [7, 11) is 0. The van der Waals surface area contributed by atoms with Crippen LogP contribution < -0.4 is 0 Å². The number of aryl methyl sites for hydroxylation is 2. The normalized spacial score (nSPS) is 18.5. The average molecular weight is 207 g/mol. The third-order valence-electron chi connectivity index (χ3n) is 3.64. The van der Waals surface area contributed by atoms with Crippen molar-refractivity contribution in [2.45, 2.75) is 39.7 Å². The van der Waals surface area contributed by atoms with Crippen LogP contribution in [-0.2, 0) is 11.3 Å². The minimum Gasteiger partial charge on any atom is -0.481 e. The molecule has 1 fully saturated rings. The zero-order valence-electron chi connectivity index (χ0n) is 9.29. The molecule has 1 aromatic heterocycles. The lowest BCUT2D eigenvalue weighted by Gasteiger charge is -2.38. The molecule has 0 aromatic carbocycles. The maximum absolute atomic E-state index is 11.2. The summed E-state index contributed by atoms with van der Waals surface area (Å²) in [6, 6.07) is 4.09. The first-order chi connectivity index (χ1) is 7.05. The van der Waals surface area contributed by atoms with Crippen molar-refractivity contribution < 1.29 is 9.90 Å². The number of carboxylic acid groups (broad SMARTS) is 1. The Balaban J connectivity index is 2.24. The summed E-state index contributed by atoms with van der Waals surface area (Å²) in [5.74, 6) is -0.638. The van der Waals surface area contributed by atoms with E-state index < -0.39 is 11.4 Å². The van der Waals surface area contributed by atoms with Crippen molar-refractivity contribution >= 4 is 5.97 Å². The van der Waals surface area contributed by atoms with Gasteiger partial charge in [0.1, 0.15) is 0 Å². The van der Waals surface area contributed by atoms with Gasteiger partial charge in [-0.1, -0.05) is 6.42 Å². The lowest BCUT2D eigenvalue weighted by atomic mass is 9.68. The quantitative estimate of drug-likeness (QED) is 0.826. The smallest absolute Gasteiger partial charge is 0.311 e. The lowest BCUT2D eigenvalue weighted by Crippen LogP contribution is -2.42. The molecule has 1 heterocycles. The van der Waals surface area contributed by atoms with Crippen molar-refractivity contribution in [2.24, 2.45) is 5.41 Å². The highest BCUT2D eigenvalue weighted by molar-refractivity contribution is 5.75. The van der Waals surface area contributed by atoms with E-state index in [-0.39, 0.29) is 0 Å². The van der Waals surface area contributed by atoms with E-state index >= 15 is 0 Å². The van der Waals surface area contributed by atoms with Gasteiger partial charge in [0.2, 0.25) is 0 Å². The molecule has 0 bridgehead atoms. The lowest BCUT2D eigenvalue weighted by molar-refractivity contribution is -0.155. The fourth-order valence-electron chi connectivity index (χ4n) is 2.29. The van der Waals surface area contributed by atoms with Crippen LogP contribution in [0.3, 0.4) is 0 Å². The molecule has 3 heteroatoms. The van der Waals surface area contributed by atoms with Gasteiger partial charge in [-0.3, -0.25) is 4.79 Å². The van der Waals surface area contributed by atoms with Crippen LogP contribution in [0, 0.1) is 19.3 Å². The highest BCUT2D eigenvalue weighted by atomic mass is 16.4. The topological polar surface area (TPSA) is 42.2 Å². The van der Waals surface area contributed by atoms with Gasteiger partial charge in [0, 0.05) is 17.9 Å². The second kappa shape index (κ2) is 3.40. The zero-order chi connectivity index (χ0) is 11.1. The molecule has 1 N–H and O–H groups in total. The molecule has 1 saturated carbocycles. The number of rotatable bonds is 3. The third kappa shape index (κ3) is 1.56. The first kappa shape index (κ1) is 10.3. The van der Waals surface area contributed by atoms with Gasteiger partial charge in [-0.15, -0.1) is 0 Å². The Morgan fingerprint density at radius 2 is 1.93 bits per heavy atom. The van der Waals surface area contributed by atoms with Crippen molar-refractivity contribution in [2.75, 3.05) is 0 Å². The Morgan fingerprint density at radius 1 is 1.40 bits per heavy atom. The molecular formula is C12H17NO2. The minimum atomic E-state index is -0.638. The van der Waals surface area contributed by atoms with E-state index in [4.69, 9.17) is 0 Å². The Morgan fingerprint density at radius 3 is 2.27 bits per heavy atom. The molecule has 1 aromatic rings. The van der Waals surface area contributed by atoms with Gasteiger partial charge in [0.25, 0.3) is 0 Å². The summed E-state index contributed by atoms with van der Waals surface area (Å²) >= 11 is 0. The molecule has 0 aliphatic heterocycles. The Labute approximate surface area is 89.7 Å². The number of hydrogen-bond donors (Lipinski definition) is 1. The first-order valence-corrected chi connectivity index (χ1v) is 5.41. The first-order valence-electron chi connectivity index (χ1n) is 5.41. The molecule has 0 unspecified atom stereocenters. The standard InChI is InChI=1S/C12H17NO2/c1-9-4-5-10(2)13(9)8-12(11(14)15)6-3-7-12/h4-5H,3,6-8H2,1-2H3,(H,14,15). The van der Waals surface area contributed by atoms with E-state index in [9.17, 15) is 9.90 Å². The highest BCUT2D eigenvalue weighted by Crippen LogP contribution is 2.43. The van der Waals surface area contributed by atoms with Gasteiger partial charge in [0.15, 0.2) is 0 Å². The molecule has 0 spiro atoms. The van der Waals surface area contributed by atoms with Crippen LogP contribution in [0.1, 0.15) is 30.7 Å². The second-order valence-electron chi connectivity index (χ2n) is 4.64. The van der Waals surface area contributed by atoms with E-state index in [1.165, 1.54) is 0 Å². The van der Waals surface area contributed by atoms with Crippen LogP contribution >= 0.6 is 0 Å². The molecule has 1 aliphatic rings. The van der Waals surface area contributed by atoms with Crippen molar-refractivity contribution in [3.63, 3.8) is 0 Å². The van der Waals surface area contributed by atoms with Crippen molar-refractivity contribution in [1.29, 1.82) is 0 Å². The van der Waals surface area contributed by atoms with E-state index in [1.54, 1.807) is 0 Å². The van der Waals surface area contributed by atoms with Crippen LogP contribution in [0.5, 0.6) is 0 Å². The number of hydrogen-bond acceptors (Lipinski definition) is 1. The monoisotopic (exact) mass is 207 g/mol. The maximum Gasteiger partial charge on any atom is 0.311 e. The van der Waals surface area contributed by atoms with E-state index in [0.29, 0.717) is 6.54 Å². The molecule has 82 valence electrons. The van der Waals surface area contributed by atoms with Crippen LogP contribution in [0.4, 0.5) is 0 Å². The van der Waals surface area contributed by atoms with Gasteiger partial charge in [0.05, 0.1) is 5.41 Å². The van der Waals surface area contributed by atoms with Gasteiger partial charge in [-0.2, -0.15) is 0 Å². The maximum atomic E-state index is 11.2. The number of aliphatic carboxylic acids is 1. The molecule has 0 radical (unpaired) electrons. The van der Waals surface area contributed by atoms with Gasteiger partial charge in [-0.25, -0.2) is 0 Å². The molecule has 0 saturated heterocycles. The minimum absolute atomic E-state index is 0.492. The van der Waals surface area contributed by atoms with Gasteiger partial charge in [-0.05, 0) is 38.8 Å². The van der Waals surface area contributed by atoms with Crippen LogP contribution in [-0.4, -0.2) is 15.6 Å². The van der Waals surface area contributed by atoms with Crippen LogP contribution in [0.15, 0.2) is 12.1 Å². The van der Waals surface area contributed by atoms with Crippen LogP contribution in [0.2, 0.25) is 0 Å². The van der Waals surface area contributed by atoms with Crippen LogP contribution in [0.25, 0.3) is 0 Å². The Hall–Kier alpha value is -1.25. The summed E-state index contributed by atoms with van der Waals surface area (Å²) in [5.41, 5.74) is 1.81. The number of nitrogens with zero attached hydrogens (tertiary/aromatic N) is 1. The second-order valence-corrected chi connectivity index (χ2v) is 4.64. The molecule has 2 rings (SSSR count). The Bertz CT molecular complexity index is 369. The SMILES string of the molecule is Cc1ccc(C)n1CC1(C(=O)O)CCC1. The average Bonchev–Trinajstić information content (AvgIpc) is 2.40. The summed E-state index contributed by atoms with van der Waals surface area (Å²) < 4.78 is 2.12. The molecule has 0 amide bonds. The summed E-state index contributed by atoms with van der Waals surface area (Å²) in [4.78, 5) is 11.2. The highest BCUT2D eigenvalue weighted by Gasteiger charge is 2.44. The van der Waals surface area contributed by atoms with Crippen molar-refractivity contribution in [1.82, 2.24) is 4.57 Å². The van der Waals surface area contributed by atoms with E-state index in [2.05, 4.69) is 4.57 Å². The molecule has 1 aliphatic carbocycles. The molecule has 0 atom stereocenters. The summed E-state index contributed by atoms with van der Waals surface area (Å²) in [6.07, 6.45) is 2.68. The largest absolute Gasteiger partial charge is 0.481 e. The molecular weight excluding hydrogens is 190 g/mol. The fraction of sp³-hybridized carbons (Fsp3) is 0.583. The zero-order valence-corrected chi connectivity index (χ0v) is 9.29. The summed E-state index contributed by atoms with van der Waals surface area (Å²) in [6.45, 7) is 4.69. The van der Waals surface area contributed by atoms with Crippen molar-refractivity contribution in [3.8, 4) is 0 Å². The van der Waals surface area contributed by atoms with Gasteiger partial charge < -0.3 is 9.67 Å². The summed E-state index contributed by atoms with van der Waals surface area (Å²) in [5, 5.41) is 9.25. The van der Waals surface area contributed by atoms with E-state index in [1.807, 2.05) is 26.0 Å². The fourth-order valence-corrected chi connectivity index (χ4v) is 2.29. The number of aromatic nitrogens is 1. The predicted molar refractivity (Wildman–Crippen MR) is 57.8 cm³/mol. The van der Waals surface area contributed by atoms with Gasteiger partial charge >= 0.3 is 5.97 Å². The number of carbonyl (C=O) groups is 1.